The predicted molar refractivity (Wildman–Crippen MR) is 78.2 cm³/mol. The summed E-state index contributed by atoms with van der Waals surface area (Å²) < 4.78 is 0. The highest BCUT2D eigenvalue weighted by Gasteiger charge is 2.20. The Kier molecular flexibility index (Phi) is 3.85. The normalized spacial score (nSPS) is 12.2. The molecule has 2 N–H and O–H groups in total. The number of nitrogen functional groups attached to an aromatic ring is 1. The average Bonchev–Trinajstić information content (AvgIpc) is 2.84. The maximum atomic E-state index is 12.3. The number of benzene rings is 1. The molecule has 0 aliphatic carbocycles. The van der Waals surface area contributed by atoms with E-state index in [2.05, 4.69) is 4.98 Å². The van der Waals surface area contributed by atoms with Crippen molar-refractivity contribution >= 4 is 22.4 Å². The van der Waals surface area contributed by atoms with Crippen molar-refractivity contribution in [1.29, 1.82) is 0 Å². The Hall–Kier alpha value is -1.88. The van der Waals surface area contributed by atoms with Gasteiger partial charge in [-0.25, -0.2) is 4.98 Å². The molecule has 0 radical (unpaired) electrons. The highest BCUT2D eigenvalue weighted by molar-refractivity contribution is 7.13. The number of amides is 1. The molecule has 1 atom stereocenters. The van der Waals surface area contributed by atoms with Crippen molar-refractivity contribution in [2.75, 3.05) is 12.8 Å². The van der Waals surface area contributed by atoms with Gasteiger partial charge in [-0.3, -0.25) is 4.79 Å². The number of carbonyl (C=O) groups excluding carboxylic acids is 1. The van der Waals surface area contributed by atoms with Gasteiger partial charge < -0.3 is 10.6 Å². The molecule has 0 saturated heterocycles. The molecule has 0 aliphatic heterocycles. The lowest BCUT2D eigenvalue weighted by atomic mass is 10.1. The van der Waals surface area contributed by atoms with Crippen LogP contribution in [0.3, 0.4) is 0 Å². The summed E-state index contributed by atoms with van der Waals surface area (Å²) in [6.07, 6.45) is 0. The molecule has 100 valence electrons. The van der Waals surface area contributed by atoms with E-state index < -0.39 is 0 Å². The van der Waals surface area contributed by atoms with Crippen molar-refractivity contribution < 1.29 is 4.79 Å². The second-order valence-corrected chi connectivity index (χ2v) is 5.46. The highest BCUT2D eigenvalue weighted by Crippen LogP contribution is 2.22. The fourth-order valence-corrected chi connectivity index (χ4v) is 2.35. The molecule has 1 heterocycles. The number of hydrogen-bond acceptors (Lipinski definition) is 4. The molecule has 0 saturated carbocycles. The first-order valence-corrected chi connectivity index (χ1v) is 6.91. The van der Waals surface area contributed by atoms with Gasteiger partial charge in [0.25, 0.3) is 5.91 Å². The Labute approximate surface area is 116 Å². The van der Waals surface area contributed by atoms with Gasteiger partial charge in [-0.05, 0) is 19.4 Å². The van der Waals surface area contributed by atoms with E-state index >= 15 is 0 Å². The number of aryl methyl sites for hydroxylation is 1. The van der Waals surface area contributed by atoms with E-state index in [4.69, 9.17) is 5.73 Å². The molecule has 2 aromatic rings. The maximum Gasteiger partial charge on any atom is 0.273 e. The number of aromatic nitrogens is 1. The van der Waals surface area contributed by atoms with E-state index in [1.54, 1.807) is 17.3 Å². The van der Waals surface area contributed by atoms with Crippen LogP contribution in [0.15, 0.2) is 29.6 Å². The van der Waals surface area contributed by atoms with Gasteiger partial charge in [0.15, 0.2) is 5.13 Å². The number of nitrogens with zero attached hydrogens (tertiary/aromatic N) is 2. The monoisotopic (exact) mass is 275 g/mol. The van der Waals surface area contributed by atoms with Gasteiger partial charge in [0.05, 0.1) is 6.04 Å². The Morgan fingerprint density at radius 3 is 2.53 bits per heavy atom. The Bertz CT molecular complexity index is 577. The summed E-state index contributed by atoms with van der Waals surface area (Å²) in [5.41, 5.74) is 8.27. The summed E-state index contributed by atoms with van der Waals surface area (Å²) in [6.45, 7) is 4.04. The number of rotatable bonds is 3. The molecular formula is C14H17N3OS. The van der Waals surface area contributed by atoms with Crippen molar-refractivity contribution in [3.05, 3.63) is 46.5 Å². The lowest BCUT2D eigenvalue weighted by molar-refractivity contribution is 0.0737. The Balaban J connectivity index is 2.16. The summed E-state index contributed by atoms with van der Waals surface area (Å²) in [7, 11) is 1.78. The van der Waals surface area contributed by atoms with Crippen LogP contribution in [-0.4, -0.2) is 22.8 Å². The van der Waals surface area contributed by atoms with Crippen LogP contribution in [0, 0.1) is 6.92 Å². The first-order chi connectivity index (χ1) is 8.99. The summed E-state index contributed by atoms with van der Waals surface area (Å²) >= 11 is 1.28. The van der Waals surface area contributed by atoms with Crippen LogP contribution in [0.1, 0.15) is 34.6 Å². The SMILES string of the molecule is Cc1ccc(C(C)N(C)C(=O)c2csc(N)n2)cc1. The van der Waals surface area contributed by atoms with Crippen LogP contribution >= 0.6 is 11.3 Å². The molecule has 2 rings (SSSR count). The minimum Gasteiger partial charge on any atom is -0.375 e. The topological polar surface area (TPSA) is 59.2 Å². The zero-order valence-corrected chi connectivity index (χ0v) is 12.1. The second kappa shape index (κ2) is 5.40. The largest absolute Gasteiger partial charge is 0.375 e. The fraction of sp³-hybridized carbons (Fsp3) is 0.286. The van der Waals surface area contributed by atoms with Crippen LogP contribution in [0.4, 0.5) is 5.13 Å². The van der Waals surface area contributed by atoms with Gasteiger partial charge in [-0.15, -0.1) is 11.3 Å². The van der Waals surface area contributed by atoms with Gasteiger partial charge in [0, 0.05) is 12.4 Å². The summed E-state index contributed by atoms with van der Waals surface area (Å²) in [5, 5.41) is 2.11. The lowest BCUT2D eigenvalue weighted by Crippen LogP contribution is -2.29. The molecule has 5 heteroatoms. The minimum atomic E-state index is -0.110. The van der Waals surface area contributed by atoms with Crippen LogP contribution in [0.2, 0.25) is 0 Å². The average molecular weight is 275 g/mol. The van der Waals surface area contributed by atoms with Crippen LogP contribution < -0.4 is 5.73 Å². The predicted octanol–water partition coefficient (Wildman–Crippen LogP) is 2.87. The molecule has 1 aromatic heterocycles. The zero-order chi connectivity index (χ0) is 14.0. The Morgan fingerprint density at radius 1 is 1.37 bits per heavy atom. The molecule has 0 spiro atoms. The fourth-order valence-electron chi connectivity index (χ4n) is 1.81. The molecule has 1 aromatic carbocycles. The third-order valence-electron chi connectivity index (χ3n) is 3.20. The molecule has 4 nitrogen and oxygen atoms in total. The van der Waals surface area contributed by atoms with E-state index in [1.807, 2.05) is 38.1 Å². The number of hydrogen-bond donors (Lipinski definition) is 1. The molecular weight excluding hydrogens is 258 g/mol. The van der Waals surface area contributed by atoms with Gasteiger partial charge in [-0.2, -0.15) is 0 Å². The van der Waals surface area contributed by atoms with E-state index in [1.165, 1.54) is 16.9 Å². The first kappa shape index (κ1) is 13.5. The van der Waals surface area contributed by atoms with Crippen molar-refractivity contribution in [3.63, 3.8) is 0 Å². The highest BCUT2D eigenvalue weighted by atomic mass is 32.1. The third-order valence-corrected chi connectivity index (χ3v) is 3.88. The molecule has 19 heavy (non-hydrogen) atoms. The molecule has 1 amide bonds. The molecule has 1 unspecified atom stereocenters. The first-order valence-electron chi connectivity index (χ1n) is 6.03. The molecule has 0 bridgehead atoms. The van der Waals surface area contributed by atoms with Crippen molar-refractivity contribution in [2.24, 2.45) is 0 Å². The number of thiazole rings is 1. The summed E-state index contributed by atoms with van der Waals surface area (Å²) in [4.78, 5) is 18.0. The summed E-state index contributed by atoms with van der Waals surface area (Å²) in [5.74, 6) is -0.110. The summed E-state index contributed by atoms with van der Waals surface area (Å²) in [6, 6.07) is 8.17. The van der Waals surface area contributed by atoms with Crippen molar-refractivity contribution in [3.8, 4) is 0 Å². The maximum absolute atomic E-state index is 12.3. The molecule has 0 aliphatic rings. The second-order valence-electron chi connectivity index (χ2n) is 4.57. The van der Waals surface area contributed by atoms with Crippen molar-refractivity contribution in [2.45, 2.75) is 19.9 Å². The quantitative estimate of drug-likeness (QED) is 0.937. The number of anilines is 1. The van der Waals surface area contributed by atoms with Gasteiger partial charge in [0.1, 0.15) is 5.69 Å². The zero-order valence-electron chi connectivity index (χ0n) is 11.3. The number of nitrogens with two attached hydrogens (primary N) is 1. The van der Waals surface area contributed by atoms with Gasteiger partial charge >= 0.3 is 0 Å². The van der Waals surface area contributed by atoms with E-state index in [9.17, 15) is 4.79 Å². The van der Waals surface area contributed by atoms with Crippen LogP contribution in [-0.2, 0) is 0 Å². The van der Waals surface area contributed by atoms with E-state index in [0.29, 0.717) is 10.8 Å². The standard InChI is InChI=1S/C14H17N3OS/c1-9-4-6-11(7-5-9)10(2)17(3)13(18)12-8-19-14(15)16-12/h4-8,10H,1-3H3,(H2,15,16). The lowest BCUT2D eigenvalue weighted by Gasteiger charge is -2.24. The van der Waals surface area contributed by atoms with E-state index in [-0.39, 0.29) is 11.9 Å². The van der Waals surface area contributed by atoms with Crippen molar-refractivity contribution in [1.82, 2.24) is 9.88 Å². The molecule has 0 fully saturated rings. The Morgan fingerprint density at radius 2 is 2.00 bits per heavy atom. The number of carbonyl (C=O) groups is 1. The minimum absolute atomic E-state index is 0.00368. The van der Waals surface area contributed by atoms with E-state index in [0.717, 1.165) is 5.56 Å². The van der Waals surface area contributed by atoms with Gasteiger partial charge in [-0.1, -0.05) is 29.8 Å². The van der Waals surface area contributed by atoms with Crippen LogP contribution in [0.25, 0.3) is 0 Å². The third kappa shape index (κ3) is 2.93. The van der Waals surface area contributed by atoms with Crippen LogP contribution in [0.5, 0.6) is 0 Å². The smallest absolute Gasteiger partial charge is 0.273 e. The van der Waals surface area contributed by atoms with Gasteiger partial charge in [0.2, 0.25) is 0 Å².